The van der Waals surface area contributed by atoms with Crippen LogP contribution < -0.4 is 4.74 Å². The second kappa shape index (κ2) is 5.01. The standard InChI is InChI=1S/C13H11FN2O3/c1-7-8(2)16-12(6-15-7)19-11-5-9(14)3-4-10(11)13(17)18/h3-6H,1-2H3,(H,17,18). The molecule has 1 heterocycles. The first-order valence-corrected chi connectivity index (χ1v) is 5.48. The van der Waals surface area contributed by atoms with Gasteiger partial charge in [-0.25, -0.2) is 14.2 Å². The molecule has 6 heteroatoms. The smallest absolute Gasteiger partial charge is 0.339 e. The maximum Gasteiger partial charge on any atom is 0.339 e. The topological polar surface area (TPSA) is 72.3 Å². The number of carboxylic acids is 1. The first kappa shape index (κ1) is 12.9. The molecule has 1 aromatic heterocycles. The monoisotopic (exact) mass is 262 g/mol. The molecule has 2 rings (SSSR count). The van der Waals surface area contributed by atoms with Crippen molar-refractivity contribution in [3.63, 3.8) is 0 Å². The van der Waals surface area contributed by atoms with Gasteiger partial charge in [0.15, 0.2) is 0 Å². The molecule has 0 fully saturated rings. The predicted molar refractivity (Wildman–Crippen MR) is 64.9 cm³/mol. The first-order chi connectivity index (χ1) is 8.97. The number of hydrogen-bond acceptors (Lipinski definition) is 4. The van der Waals surface area contributed by atoms with Crippen LogP contribution in [0.5, 0.6) is 11.6 Å². The van der Waals surface area contributed by atoms with Gasteiger partial charge in [-0.1, -0.05) is 0 Å². The van der Waals surface area contributed by atoms with E-state index in [0.29, 0.717) is 5.69 Å². The minimum Gasteiger partial charge on any atom is -0.478 e. The molecule has 0 saturated heterocycles. The minimum atomic E-state index is -1.20. The SMILES string of the molecule is Cc1ncc(Oc2cc(F)ccc2C(=O)O)nc1C. The lowest BCUT2D eigenvalue weighted by Gasteiger charge is -2.08. The molecule has 0 saturated carbocycles. The van der Waals surface area contributed by atoms with Crippen molar-refractivity contribution in [3.05, 3.63) is 47.2 Å². The molecule has 2 aromatic rings. The van der Waals surface area contributed by atoms with Gasteiger partial charge in [-0.05, 0) is 26.0 Å². The Morgan fingerprint density at radius 3 is 2.68 bits per heavy atom. The van der Waals surface area contributed by atoms with Crippen LogP contribution >= 0.6 is 0 Å². The van der Waals surface area contributed by atoms with E-state index >= 15 is 0 Å². The van der Waals surface area contributed by atoms with Gasteiger partial charge in [-0.2, -0.15) is 0 Å². The lowest BCUT2D eigenvalue weighted by molar-refractivity contribution is 0.0694. The quantitative estimate of drug-likeness (QED) is 0.920. The number of hydrogen-bond donors (Lipinski definition) is 1. The Labute approximate surface area is 108 Å². The average molecular weight is 262 g/mol. The molecule has 0 atom stereocenters. The van der Waals surface area contributed by atoms with Crippen LogP contribution in [0.2, 0.25) is 0 Å². The van der Waals surface area contributed by atoms with Crippen molar-refractivity contribution in [1.29, 1.82) is 0 Å². The molecule has 1 aromatic carbocycles. The maximum absolute atomic E-state index is 13.1. The predicted octanol–water partition coefficient (Wildman–Crippen LogP) is 2.72. The Bertz CT molecular complexity index is 644. The number of carbonyl (C=O) groups is 1. The molecule has 0 spiro atoms. The zero-order valence-electron chi connectivity index (χ0n) is 10.3. The number of halogens is 1. The third-order valence-electron chi connectivity index (χ3n) is 2.56. The average Bonchev–Trinajstić information content (AvgIpc) is 2.33. The van der Waals surface area contributed by atoms with Crippen LogP contribution in [0.15, 0.2) is 24.4 Å². The van der Waals surface area contributed by atoms with Crippen LogP contribution in [-0.4, -0.2) is 21.0 Å². The van der Waals surface area contributed by atoms with Crippen LogP contribution in [0, 0.1) is 19.7 Å². The number of aromatic carboxylic acids is 1. The summed E-state index contributed by atoms with van der Waals surface area (Å²) in [5.74, 6) is -1.77. The molecular formula is C13H11FN2O3. The molecule has 0 unspecified atom stereocenters. The number of benzene rings is 1. The molecule has 0 aliphatic heterocycles. The number of aromatic nitrogens is 2. The fraction of sp³-hybridized carbons (Fsp3) is 0.154. The Morgan fingerprint density at radius 1 is 1.32 bits per heavy atom. The van der Waals surface area contributed by atoms with E-state index in [-0.39, 0.29) is 17.2 Å². The molecule has 1 N–H and O–H groups in total. The van der Waals surface area contributed by atoms with Gasteiger partial charge in [0.2, 0.25) is 5.88 Å². The highest BCUT2D eigenvalue weighted by Crippen LogP contribution is 2.25. The molecule has 0 aliphatic carbocycles. The molecule has 5 nitrogen and oxygen atoms in total. The lowest BCUT2D eigenvalue weighted by Crippen LogP contribution is -2.02. The van der Waals surface area contributed by atoms with Gasteiger partial charge in [0, 0.05) is 6.07 Å². The van der Waals surface area contributed by atoms with E-state index in [1.165, 1.54) is 6.20 Å². The number of carboxylic acid groups (broad SMARTS) is 1. The molecular weight excluding hydrogens is 251 g/mol. The van der Waals surface area contributed by atoms with Gasteiger partial charge in [0.1, 0.15) is 17.1 Å². The van der Waals surface area contributed by atoms with Crippen LogP contribution in [0.25, 0.3) is 0 Å². The molecule has 98 valence electrons. The van der Waals surface area contributed by atoms with E-state index in [9.17, 15) is 9.18 Å². The molecule has 19 heavy (non-hydrogen) atoms. The van der Waals surface area contributed by atoms with Crippen molar-refractivity contribution in [3.8, 4) is 11.6 Å². The van der Waals surface area contributed by atoms with E-state index in [2.05, 4.69) is 9.97 Å². The minimum absolute atomic E-state index is 0.106. The molecule has 0 radical (unpaired) electrons. The lowest BCUT2D eigenvalue weighted by atomic mass is 10.2. The van der Waals surface area contributed by atoms with Gasteiger partial charge < -0.3 is 9.84 Å². The number of ether oxygens (including phenoxy) is 1. The Balaban J connectivity index is 2.39. The summed E-state index contributed by atoms with van der Waals surface area (Å²) in [6, 6.07) is 3.20. The fourth-order valence-electron chi connectivity index (χ4n) is 1.44. The number of aryl methyl sites for hydroxylation is 2. The van der Waals surface area contributed by atoms with Gasteiger partial charge in [0.05, 0.1) is 17.6 Å². The van der Waals surface area contributed by atoms with Crippen molar-refractivity contribution in [2.45, 2.75) is 13.8 Å². The third-order valence-corrected chi connectivity index (χ3v) is 2.56. The van der Waals surface area contributed by atoms with E-state index in [1.807, 2.05) is 0 Å². The highest BCUT2D eigenvalue weighted by Gasteiger charge is 2.14. The summed E-state index contributed by atoms with van der Waals surface area (Å²) in [6.45, 7) is 3.54. The van der Waals surface area contributed by atoms with E-state index in [0.717, 1.165) is 23.9 Å². The van der Waals surface area contributed by atoms with Crippen molar-refractivity contribution >= 4 is 5.97 Å². The normalized spacial score (nSPS) is 10.3. The van der Waals surface area contributed by atoms with Gasteiger partial charge in [-0.15, -0.1) is 0 Å². The van der Waals surface area contributed by atoms with E-state index in [4.69, 9.17) is 9.84 Å². The summed E-state index contributed by atoms with van der Waals surface area (Å²) in [7, 11) is 0. The summed E-state index contributed by atoms with van der Waals surface area (Å²) in [4.78, 5) is 19.1. The summed E-state index contributed by atoms with van der Waals surface area (Å²) in [5, 5.41) is 8.99. The molecule has 0 bridgehead atoms. The highest BCUT2D eigenvalue weighted by atomic mass is 19.1. The Morgan fingerprint density at radius 2 is 2.05 bits per heavy atom. The highest BCUT2D eigenvalue weighted by molar-refractivity contribution is 5.90. The van der Waals surface area contributed by atoms with Gasteiger partial charge in [0.25, 0.3) is 0 Å². The molecule has 0 aliphatic rings. The first-order valence-electron chi connectivity index (χ1n) is 5.48. The second-order valence-electron chi connectivity index (χ2n) is 3.93. The van der Waals surface area contributed by atoms with Crippen LogP contribution in [-0.2, 0) is 0 Å². The largest absolute Gasteiger partial charge is 0.478 e. The summed E-state index contributed by atoms with van der Waals surface area (Å²) >= 11 is 0. The van der Waals surface area contributed by atoms with Crippen molar-refractivity contribution in [1.82, 2.24) is 9.97 Å². The maximum atomic E-state index is 13.1. The van der Waals surface area contributed by atoms with Gasteiger partial charge >= 0.3 is 5.97 Å². The van der Waals surface area contributed by atoms with Crippen molar-refractivity contribution < 1.29 is 19.0 Å². The third kappa shape index (κ3) is 2.85. The van der Waals surface area contributed by atoms with Crippen molar-refractivity contribution in [2.75, 3.05) is 0 Å². The van der Waals surface area contributed by atoms with E-state index < -0.39 is 11.8 Å². The summed E-state index contributed by atoms with van der Waals surface area (Å²) < 4.78 is 18.4. The number of rotatable bonds is 3. The van der Waals surface area contributed by atoms with E-state index in [1.54, 1.807) is 13.8 Å². The molecule has 0 amide bonds. The summed E-state index contributed by atoms with van der Waals surface area (Å²) in [6.07, 6.45) is 1.36. The number of nitrogens with zero attached hydrogens (tertiary/aromatic N) is 2. The van der Waals surface area contributed by atoms with Crippen LogP contribution in [0.4, 0.5) is 4.39 Å². The van der Waals surface area contributed by atoms with Gasteiger partial charge in [-0.3, -0.25) is 4.98 Å². The van der Waals surface area contributed by atoms with Crippen LogP contribution in [0.3, 0.4) is 0 Å². The van der Waals surface area contributed by atoms with Crippen LogP contribution in [0.1, 0.15) is 21.7 Å². The Kier molecular flexibility index (Phi) is 3.41. The fourth-order valence-corrected chi connectivity index (χ4v) is 1.44. The Hall–Kier alpha value is -2.50. The second-order valence-corrected chi connectivity index (χ2v) is 3.93. The van der Waals surface area contributed by atoms with Crippen molar-refractivity contribution in [2.24, 2.45) is 0 Å². The zero-order valence-corrected chi connectivity index (χ0v) is 10.3. The summed E-state index contributed by atoms with van der Waals surface area (Å²) in [5.41, 5.74) is 1.26. The zero-order chi connectivity index (χ0) is 14.0.